The third kappa shape index (κ3) is 3.67. The van der Waals surface area contributed by atoms with E-state index in [1.54, 1.807) is 19.3 Å². The van der Waals surface area contributed by atoms with Crippen LogP contribution in [-0.2, 0) is 0 Å². The summed E-state index contributed by atoms with van der Waals surface area (Å²) >= 11 is 0. The number of fused-ring (bicyclic) bond motifs is 1. The molecule has 21 heavy (non-hydrogen) atoms. The first-order valence-electron chi connectivity index (χ1n) is 10.1. The summed E-state index contributed by atoms with van der Waals surface area (Å²) in [4.78, 5) is 0. The summed E-state index contributed by atoms with van der Waals surface area (Å²) in [5.41, 5.74) is 0.603. The largest absolute Gasteiger partial charge is 0.0625 e. The fourth-order valence-corrected chi connectivity index (χ4v) is 6.34. The molecule has 0 aliphatic heterocycles. The van der Waals surface area contributed by atoms with Gasteiger partial charge < -0.3 is 0 Å². The zero-order valence-electron chi connectivity index (χ0n) is 14.9. The Morgan fingerprint density at radius 3 is 2.19 bits per heavy atom. The Kier molecular flexibility index (Phi) is 5.01. The standard InChI is InChI=1S/C21H38/c1-16-11-13-17(14-12-16)15-21(2,3)20-10-6-8-18-7-4-5-9-19(18)20/h16-20H,4-15H2,1-3H3. The zero-order valence-corrected chi connectivity index (χ0v) is 14.9. The van der Waals surface area contributed by atoms with Gasteiger partial charge in [0.15, 0.2) is 0 Å². The Morgan fingerprint density at radius 2 is 1.43 bits per heavy atom. The third-order valence-electron chi connectivity index (χ3n) is 7.53. The molecular weight excluding hydrogens is 252 g/mol. The minimum atomic E-state index is 0.603. The summed E-state index contributed by atoms with van der Waals surface area (Å²) in [6.07, 6.45) is 18.3. The molecule has 0 amide bonds. The fraction of sp³-hybridized carbons (Fsp3) is 1.00. The highest BCUT2D eigenvalue weighted by atomic mass is 14.5. The van der Waals surface area contributed by atoms with E-state index >= 15 is 0 Å². The van der Waals surface area contributed by atoms with Gasteiger partial charge in [0.05, 0.1) is 0 Å². The fourth-order valence-electron chi connectivity index (χ4n) is 6.34. The summed E-state index contributed by atoms with van der Waals surface area (Å²) in [7, 11) is 0. The lowest BCUT2D eigenvalue weighted by molar-refractivity contribution is 0.00629. The molecule has 0 heteroatoms. The van der Waals surface area contributed by atoms with Crippen LogP contribution in [0.2, 0.25) is 0 Å². The van der Waals surface area contributed by atoms with Gasteiger partial charge in [-0.2, -0.15) is 0 Å². The van der Waals surface area contributed by atoms with Crippen molar-refractivity contribution in [2.45, 2.75) is 97.8 Å². The van der Waals surface area contributed by atoms with Crippen molar-refractivity contribution < 1.29 is 0 Å². The molecule has 0 aromatic carbocycles. The smallest absolute Gasteiger partial charge is 0.0321 e. The topological polar surface area (TPSA) is 0 Å². The molecule has 3 aliphatic carbocycles. The van der Waals surface area contributed by atoms with Crippen LogP contribution in [0.15, 0.2) is 0 Å². The molecule has 3 fully saturated rings. The highest BCUT2D eigenvalue weighted by molar-refractivity contribution is 4.93. The van der Waals surface area contributed by atoms with Gasteiger partial charge in [-0.05, 0) is 54.3 Å². The van der Waals surface area contributed by atoms with E-state index in [0.717, 1.165) is 29.6 Å². The van der Waals surface area contributed by atoms with Crippen LogP contribution in [0.3, 0.4) is 0 Å². The van der Waals surface area contributed by atoms with E-state index in [0.29, 0.717) is 5.41 Å². The Morgan fingerprint density at radius 1 is 0.762 bits per heavy atom. The first-order valence-corrected chi connectivity index (χ1v) is 10.1. The predicted molar refractivity (Wildman–Crippen MR) is 92.3 cm³/mol. The van der Waals surface area contributed by atoms with Gasteiger partial charge in [-0.25, -0.2) is 0 Å². The van der Waals surface area contributed by atoms with Gasteiger partial charge in [-0.1, -0.05) is 78.6 Å². The molecule has 0 N–H and O–H groups in total. The maximum atomic E-state index is 2.63. The molecule has 3 aliphatic rings. The van der Waals surface area contributed by atoms with Crippen molar-refractivity contribution in [3.8, 4) is 0 Å². The van der Waals surface area contributed by atoms with Crippen LogP contribution < -0.4 is 0 Å². The molecule has 0 aromatic heterocycles. The summed E-state index contributed by atoms with van der Waals surface area (Å²) < 4.78 is 0. The van der Waals surface area contributed by atoms with Gasteiger partial charge in [-0.15, -0.1) is 0 Å². The van der Waals surface area contributed by atoms with Gasteiger partial charge in [0, 0.05) is 0 Å². The molecule has 0 saturated heterocycles. The second-order valence-electron chi connectivity index (χ2n) is 9.56. The molecule has 3 saturated carbocycles. The SMILES string of the molecule is CC1CCC(CC(C)(C)C2CCCC3CCCCC32)CC1. The molecule has 122 valence electrons. The first-order chi connectivity index (χ1) is 10.1. The first kappa shape index (κ1) is 15.9. The van der Waals surface area contributed by atoms with E-state index in [4.69, 9.17) is 0 Å². The van der Waals surface area contributed by atoms with Crippen LogP contribution in [-0.4, -0.2) is 0 Å². The molecule has 3 rings (SSSR count). The van der Waals surface area contributed by atoms with Gasteiger partial charge in [0.2, 0.25) is 0 Å². The monoisotopic (exact) mass is 290 g/mol. The number of rotatable bonds is 3. The predicted octanol–water partition coefficient (Wildman–Crippen LogP) is 6.84. The van der Waals surface area contributed by atoms with Crippen LogP contribution in [0.25, 0.3) is 0 Å². The van der Waals surface area contributed by atoms with E-state index in [1.807, 2.05) is 0 Å². The second-order valence-corrected chi connectivity index (χ2v) is 9.56. The molecule has 0 heterocycles. The van der Waals surface area contributed by atoms with Crippen molar-refractivity contribution in [2.75, 3.05) is 0 Å². The third-order valence-corrected chi connectivity index (χ3v) is 7.53. The Hall–Kier alpha value is 0. The second kappa shape index (κ2) is 6.63. The van der Waals surface area contributed by atoms with Gasteiger partial charge >= 0.3 is 0 Å². The van der Waals surface area contributed by atoms with Gasteiger partial charge in [0.25, 0.3) is 0 Å². The molecule has 3 atom stereocenters. The van der Waals surface area contributed by atoms with Crippen molar-refractivity contribution in [1.82, 2.24) is 0 Å². The van der Waals surface area contributed by atoms with E-state index in [2.05, 4.69) is 20.8 Å². The highest BCUT2D eigenvalue weighted by Gasteiger charge is 2.43. The van der Waals surface area contributed by atoms with Crippen molar-refractivity contribution in [3.05, 3.63) is 0 Å². The minimum absolute atomic E-state index is 0.603. The van der Waals surface area contributed by atoms with Crippen molar-refractivity contribution in [1.29, 1.82) is 0 Å². The molecule has 0 spiro atoms. The average Bonchev–Trinajstić information content (AvgIpc) is 2.49. The molecule has 3 unspecified atom stereocenters. The van der Waals surface area contributed by atoms with E-state index in [1.165, 1.54) is 57.8 Å². The number of hydrogen-bond acceptors (Lipinski definition) is 0. The maximum Gasteiger partial charge on any atom is -0.0321 e. The van der Waals surface area contributed by atoms with Gasteiger partial charge in [0.1, 0.15) is 0 Å². The zero-order chi connectivity index (χ0) is 14.9. The molecule has 0 nitrogen and oxygen atoms in total. The van der Waals surface area contributed by atoms with Crippen molar-refractivity contribution in [3.63, 3.8) is 0 Å². The lowest BCUT2D eigenvalue weighted by atomic mass is 9.56. The summed E-state index contributed by atoms with van der Waals surface area (Å²) in [6, 6.07) is 0. The van der Waals surface area contributed by atoms with Crippen LogP contribution in [0.1, 0.15) is 97.8 Å². The van der Waals surface area contributed by atoms with Crippen LogP contribution in [0.5, 0.6) is 0 Å². The molecular formula is C21H38. The van der Waals surface area contributed by atoms with E-state index < -0.39 is 0 Å². The summed E-state index contributed by atoms with van der Waals surface area (Å²) in [5.74, 6) is 5.27. The Balaban J connectivity index is 1.62. The van der Waals surface area contributed by atoms with E-state index in [9.17, 15) is 0 Å². The highest BCUT2D eigenvalue weighted by Crippen LogP contribution is 2.53. The quantitative estimate of drug-likeness (QED) is 0.534. The van der Waals surface area contributed by atoms with E-state index in [-0.39, 0.29) is 0 Å². The molecule has 0 aromatic rings. The minimum Gasteiger partial charge on any atom is -0.0625 e. The van der Waals surface area contributed by atoms with Crippen LogP contribution in [0, 0.1) is 35.0 Å². The summed E-state index contributed by atoms with van der Waals surface area (Å²) in [5, 5.41) is 0. The Labute approximate surface area is 133 Å². The molecule has 0 bridgehead atoms. The van der Waals surface area contributed by atoms with Crippen LogP contribution in [0.4, 0.5) is 0 Å². The summed E-state index contributed by atoms with van der Waals surface area (Å²) in [6.45, 7) is 7.72. The van der Waals surface area contributed by atoms with Crippen LogP contribution >= 0.6 is 0 Å². The number of hydrogen-bond donors (Lipinski definition) is 0. The lowest BCUT2D eigenvalue weighted by Crippen LogP contribution is -2.40. The lowest BCUT2D eigenvalue weighted by Gasteiger charge is -2.49. The normalized spacial score (nSPS) is 41.6. The Bertz CT molecular complexity index is 319. The van der Waals surface area contributed by atoms with Crippen molar-refractivity contribution >= 4 is 0 Å². The van der Waals surface area contributed by atoms with Gasteiger partial charge in [-0.3, -0.25) is 0 Å². The molecule has 0 radical (unpaired) electrons. The maximum absolute atomic E-state index is 2.63. The van der Waals surface area contributed by atoms with Crippen molar-refractivity contribution in [2.24, 2.45) is 35.0 Å². The average molecular weight is 291 g/mol.